The van der Waals surface area contributed by atoms with E-state index in [1.54, 1.807) is 0 Å². The van der Waals surface area contributed by atoms with Gasteiger partial charge >= 0.3 is 0 Å². The number of hydrogen-bond donors (Lipinski definition) is 1. The fourth-order valence-corrected chi connectivity index (χ4v) is 5.84. The first kappa shape index (κ1) is 25.1. The molecule has 2 amide bonds. The van der Waals surface area contributed by atoms with Crippen LogP contribution in [-0.4, -0.2) is 55.7 Å². The lowest BCUT2D eigenvalue weighted by Gasteiger charge is -2.45. The molecule has 3 heterocycles. The van der Waals surface area contributed by atoms with Gasteiger partial charge in [0.1, 0.15) is 12.7 Å². The Morgan fingerprint density at radius 2 is 1.69 bits per heavy atom. The molecule has 6 rings (SSSR count). The van der Waals surface area contributed by atoms with Crippen LogP contribution < -0.4 is 24.3 Å². The summed E-state index contributed by atoms with van der Waals surface area (Å²) in [7, 11) is 0. The maximum Gasteiger partial charge on any atom is 0.254 e. The number of ether oxygens (including phenoxy) is 4. The molecule has 3 atom stereocenters. The zero-order valence-electron chi connectivity index (χ0n) is 22.1. The largest absolute Gasteiger partial charge is 0.490 e. The van der Waals surface area contributed by atoms with Crippen molar-refractivity contribution in [2.45, 2.75) is 38.3 Å². The predicted octanol–water partition coefficient (Wildman–Crippen LogP) is 4.28. The summed E-state index contributed by atoms with van der Waals surface area (Å²) in [4.78, 5) is 29.5. The van der Waals surface area contributed by atoms with Gasteiger partial charge in [0.15, 0.2) is 23.0 Å². The Bertz CT molecular complexity index is 1410. The van der Waals surface area contributed by atoms with Crippen molar-refractivity contribution in [2.75, 3.05) is 32.9 Å². The van der Waals surface area contributed by atoms with Crippen LogP contribution in [0.4, 0.5) is 0 Å². The van der Waals surface area contributed by atoms with E-state index in [0.29, 0.717) is 61.3 Å². The lowest BCUT2D eigenvalue weighted by atomic mass is 9.75. The van der Waals surface area contributed by atoms with E-state index < -0.39 is 12.0 Å². The van der Waals surface area contributed by atoms with Gasteiger partial charge in [-0.05, 0) is 67.3 Å². The van der Waals surface area contributed by atoms with Crippen LogP contribution in [-0.2, 0) is 11.2 Å². The summed E-state index contributed by atoms with van der Waals surface area (Å²) in [5, 5.41) is 3.11. The minimum Gasteiger partial charge on any atom is -0.490 e. The summed E-state index contributed by atoms with van der Waals surface area (Å²) in [6, 6.07) is 18.4. The van der Waals surface area contributed by atoms with Gasteiger partial charge in [-0.15, -0.1) is 0 Å². The maximum absolute atomic E-state index is 14.0. The zero-order chi connectivity index (χ0) is 26.9. The van der Waals surface area contributed by atoms with E-state index in [4.69, 9.17) is 18.9 Å². The van der Waals surface area contributed by atoms with Crippen molar-refractivity contribution in [3.63, 3.8) is 0 Å². The van der Waals surface area contributed by atoms with Gasteiger partial charge in [0.2, 0.25) is 5.91 Å². The van der Waals surface area contributed by atoms with Crippen LogP contribution in [0.1, 0.15) is 52.9 Å². The third kappa shape index (κ3) is 4.54. The monoisotopic (exact) mass is 528 g/mol. The van der Waals surface area contributed by atoms with Crippen LogP contribution in [0, 0.1) is 0 Å². The minimum atomic E-state index is -0.595. The molecule has 1 N–H and O–H groups in total. The third-order valence-electron chi connectivity index (χ3n) is 7.54. The van der Waals surface area contributed by atoms with Crippen LogP contribution in [0.25, 0.3) is 0 Å². The Labute approximate surface area is 227 Å². The van der Waals surface area contributed by atoms with Gasteiger partial charge in [0.25, 0.3) is 5.91 Å². The smallest absolute Gasteiger partial charge is 0.254 e. The Hall–Kier alpha value is -4.20. The standard InChI is InChI=1S/C31H32N2O6/c1-3-36-26-15-19-13-14-33-29(23(19)16-27(26)37-4-2)28(21-9-5-6-10-22(21)31(33)35)30(34)32-17-20-18-38-24-11-7-8-12-25(24)39-20/h5-12,15-16,20,28-29H,3-4,13-14,17-18H2,1-2H3,(H,32,34)/t20-,28+,29+/m0/s1. The summed E-state index contributed by atoms with van der Waals surface area (Å²) in [6.07, 6.45) is 0.352. The molecule has 0 fully saturated rings. The number of nitrogens with one attached hydrogen (secondary N) is 1. The predicted molar refractivity (Wildman–Crippen MR) is 145 cm³/mol. The fourth-order valence-electron chi connectivity index (χ4n) is 5.84. The molecule has 0 bridgehead atoms. The number of benzene rings is 3. The topological polar surface area (TPSA) is 86.3 Å². The van der Waals surface area contributed by atoms with Crippen molar-refractivity contribution in [1.29, 1.82) is 0 Å². The highest BCUT2D eigenvalue weighted by Crippen LogP contribution is 2.48. The van der Waals surface area contributed by atoms with E-state index in [1.165, 1.54) is 0 Å². The lowest BCUT2D eigenvalue weighted by molar-refractivity contribution is -0.124. The molecule has 3 aliphatic rings. The molecule has 39 heavy (non-hydrogen) atoms. The van der Waals surface area contributed by atoms with Gasteiger partial charge in [-0.3, -0.25) is 9.59 Å². The average Bonchev–Trinajstić information content (AvgIpc) is 2.96. The number of rotatable bonds is 7. The number of nitrogens with zero attached hydrogens (tertiary/aromatic N) is 1. The first-order valence-corrected chi connectivity index (χ1v) is 13.6. The van der Waals surface area contributed by atoms with Crippen LogP contribution in [0.2, 0.25) is 0 Å². The SMILES string of the molecule is CCOc1cc2c(cc1OCC)[C@@H]1[C@H](C(=O)NC[C@H]3COc4ccccc4O3)c3ccccc3C(=O)N1CC2. The summed E-state index contributed by atoms with van der Waals surface area (Å²) in [6.45, 7) is 6.00. The van der Waals surface area contributed by atoms with Crippen LogP contribution >= 0.6 is 0 Å². The van der Waals surface area contributed by atoms with E-state index in [1.807, 2.05) is 79.4 Å². The minimum absolute atomic E-state index is 0.0576. The molecule has 0 radical (unpaired) electrons. The van der Waals surface area contributed by atoms with E-state index >= 15 is 0 Å². The van der Waals surface area contributed by atoms with Gasteiger partial charge in [0, 0.05) is 12.1 Å². The molecule has 0 spiro atoms. The highest BCUT2D eigenvalue weighted by atomic mass is 16.6. The molecule has 3 aliphatic heterocycles. The Kier molecular flexibility index (Phi) is 6.77. The Balaban J connectivity index is 1.34. The number of amides is 2. The molecule has 0 unspecified atom stereocenters. The number of carbonyl (C=O) groups excluding carboxylic acids is 2. The van der Waals surface area contributed by atoms with Gasteiger partial charge in [0.05, 0.1) is 31.7 Å². The second-order valence-corrected chi connectivity index (χ2v) is 9.86. The first-order valence-electron chi connectivity index (χ1n) is 13.6. The molecule has 202 valence electrons. The molecular weight excluding hydrogens is 496 g/mol. The highest BCUT2D eigenvalue weighted by Gasteiger charge is 2.46. The van der Waals surface area contributed by atoms with E-state index in [9.17, 15) is 9.59 Å². The van der Waals surface area contributed by atoms with Gasteiger partial charge in [-0.25, -0.2) is 0 Å². The zero-order valence-corrected chi connectivity index (χ0v) is 22.1. The van der Waals surface area contributed by atoms with Crippen molar-refractivity contribution >= 4 is 11.8 Å². The number of para-hydroxylation sites is 2. The van der Waals surface area contributed by atoms with Gasteiger partial charge < -0.3 is 29.2 Å². The molecule has 0 aliphatic carbocycles. The quantitative estimate of drug-likeness (QED) is 0.493. The van der Waals surface area contributed by atoms with Crippen LogP contribution in [0.3, 0.4) is 0 Å². The first-order chi connectivity index (χ1) is 19.1. The summed E-state index contributed by atoms with van der Waals surface area (Å²) in [5.74, 6) is 1.86. The normalized spacial score (nSPS) is 20.8. The third-order valence-corrected chi connectivity index (χ3v) is 7.54. The molecule has 0 saturated carbocycles. The Morgan fingerprint density at radius 3 is 2.49 bits per heavy atom. The molecule has 3 aromatic carbocycles. The summed E-state index contributed by atoms with van der Waals surface area (Å²) >= 11 is 0. The van der Waals surface area contributed by atoms with Gasteiger partial charge in [-0.1, -0.05) is 30.3 Å². The summed E-state index contributed by atoms with van der Waals surface area (Å²) < 4.78 is 23.7. The summed E-state index contributed by atoms with van der Waals surface area (Å²) in [5.41, 5.74) is 3.28. The van der Waals surface area contributed by atoms with Gasteiger partial charge in [-0.2, -0.15) is 0 Å². The fraction of sp³-hybridized carbons (Fsp3) is 0.355. The lowest BCUT2D eigenvalue weighted by Crippen LogP contribution is -2.51. The van der Waals surface area contributed by atoms with E-state index in [-0.39, 0.29) is 24.5 Å². The van der Waals surface area contributed by atoms with E-state index in [0.717, 1.165) is 16.7 Å². The Morgan fingerprint density at radius 1 is 0.974 bits per heavy atom. The average molecular weight is 529 g/mol. The number of fused-ring (bicyclic) bond motifs is 5. The van der Waals surface area contributed by atoms with Crippen molar-refractivity contribution in [2.24, 2.45) is 0 Å². The number of carbonyl (C=O) groups is 2. The molecule has 3 aromatic rings. The molecule has 8 nitrogen and oxygen atoms in total. The van der Waals surface area contributed by atoms with Crippen molar-refractivity contribution in [1.82, 2.24) is 10.2 Å². The maximum atomic E-state index is 14.0. The number of hydrogen-bond acceptors (Lipinski definition) is 6. The van der Waals surface area contributed by atoms with Crippen molar-refractivity contribution < 1.29 is 28.5 Å². The highest BCUT2D eigenvalue weighted by molar-refractivity contribution is 6.01. The van der Waals surface area contributed by atoms with Crippen LogP contribution in [0.5, 0.6) is 23.0 Å². The van der Waals surface area contributed by atoms with Crippen molar-refractivity contribution in [3.05, 3.63) is 82.9 Å². The second-order valence-electron chi connectivity index (χ2n) is 9.86. The molecule has 8 heteroatoms. The molecular formula is C31H32N2O6. The second kappa shape index (κ2) is 10.5. The van der Waals surface area contributed by atoms with Crippen LogP contribution in [0.15, 0.2) is 60.7 Å². The van der Waals surface area contributed by atoms with E-state index in [2.05, 4.69) is 5.32 Å². The van der Waals surface area contributed by atoms with Crippen molar-refractivity contribution in [3.8, 4) is 23.0 Å². The molecule has 0 saturated heterocycles. The molecule has 0 aromatic heterocycles.